The van der Waals surface area contributed by atoms with Crippen LogP contribution in [-0.2, 0) is 10.0 Å². The first-order valence-corrected chi connectivity index (χ1v) is 9.08. The van der Waals surface area contributed by atoms with Crippen LogP contribution in [0.25, 0.3) is 0 Å². The number of hydrogen-bond acceptors (Lipinski definition) is 5. The van der Waals surface area contributed by atoms with E-state index in [0.29, 0.717) is 12.0 Å². The Morgan fingerprint density at radius 3 is 2.67 bits per heavy atom. The van der Waals surface area contributed by atoms with Gasteiger partial charge in [-0.25, -0.2) is 8.42 Å². The molecule has 0 fully saturated rings. The van der Waals surface area contributed by atoms with E-state index in [0.717, 1.165) is 21.3 Å². The molecule has 0 saturated carbocycles. The molecule has 3 rings (SSSR count). The lowest BCUT2D eigenvalue weighted by Gasteiger charge is -2.21. The topological polar surface area (TPSA) is 70.0 Å². The minimum atomic E-state index is -3.50. The van der Waals surface area contributed by atoms with Crippen molar-refractivity contribution in [2.24, 2.45) is 5.10 Å². The molecule has 0 aliphatic carbocycles. The molecule has 0 amide bonds. The number of para-hydroxylation sites is 1. The highest BCUT2D eigenvalue weighted by molar-refractivity contribution is 7.88. The summed E-state index contributed by atoms with van der Waals surface area (Å²) in [6.45, 7) is 0. The third-order valence-corrected chi connectivity index (χ3v) is 5.25. The third-order valence-electron chi connectivity index (χ3n) is 3.31. The zero-order valence-corrected chi connectivity index (χ0v) is 12.9. The Labute approximate surface area is 127 Å². The van der Waals surface area contributed by atoms with Crippen LogP contribution in [0.5, 0.6) is 5.75 Å². The van der Waals surface area contributed by atoms with E-state index in [-0.39, 0.29) is 5.75 Å². The Kier molecular flexibility index (Phi) is 3.46. The second kappa shape index (κ2) is 5.16. The van der Waals surface area contributed by atoms with Crippen molar-refractivity contribution in [3.63, 3.8) is 0 Å². The largest absolute Gasteiger partial charge is 0.508 e. The maximum atomic E-state index is 12.0. The van der Waals surface area contributed by atoms with Gasteiger partial charge in [0.05, 0.1) is 22.9 Å². The minimum Gasteiger partial charge on any atom is -0.508 e. The van der Waals surface area contributed by atoms with Gasteiger partial charge in [-0.3, -0.25) is 0 Å². The number of benzene rings is 1. The first kappa shape index (κ1) is 14.1. The zero-order chi connectivity index (χ0) is 15.0. The Hall–Kier alpha value is -1.86. The van der Waals surface area contributed by atoms with Crippen LogP contribution in [0.3, 0.4) is 0 Å². The Morgan fingerprint density at radius 1 is 1.29 bits per heavy atom. The normalized spacial score (nSPS) is 18.8. The molecule has 1 aromatic heterocycles. The van der Waals surface area contributed by atoms with Crippen LogP contribution in [-0.4, -0.2) is 29.9 Å². The van der Waals surface area contributed by atoms with Crippen molar-refractivity contribution in [2.75, 3.05) is 6.26 Å². The van der Waals surface area contributed by atoms with E-state index in [1.807, 2.05) is 17.5 Å². The van der Waals surface area contributed by atoms with Gasteiger partial charge in [-0.15, -0.1) is 11.3 Å². The van der Waals surface area contributed by atoms with E-state index in [9.17, 15) is 13.5 Å². The number of hydrazone groups is 1. The van der Waals surface area contributed by atoms with Crippen molar-refractivity contribution in [3.05, 3.63) is 52.2 Å². The molecule has 0 bridgehead atoms. The molecular formula is C14H14N2O3S2. The summed E-state index contributed by atoms with van der Waals surface area (Å²) >= 11 is 1.52. The number of nitrogens with zero attached hydrogens (tertiary/aromatic N) is 2. The first-order valence-electron chi connectivity index (χ1n) is 6.35. The molecule has 1 aliphatic heterocycles. The van der Waals surface area contributed by atoms with Crippen LogP contribution in [0.1, 0.15) is 22.9 Å². The van der Waals surface area contributed by atoms with Crippen LogP contribution in [0.2, 0.25) is 0 Å². The van der Waals surface area contributed by atoms with Gasteiger partial charge in [-0.2, -0.15) is 9.52 Å². The number of hydrogen-bond donors (Lipinski definition) is 1. The van der Waals surface area contributed by atoms with Gasteiger partial charge in [0.25, 0.3) is 0 Å². The van der Waals surface area contributed by atoms with Gasteiger partial charge in [0.2, 0.25) is 10.0 Å². The van der Waals surface area contributed by atoms with Gasteiger partial charge >= 0.3 is 0 Å². The number of rotatable bonds is 3. The fraction of sp³-hybridized carbons (Fsp3) is 0.214. The molecule has 7 heteroatoms. The molecule has 1 atom stereocenters. The smallest absolute Gasteiger partial charge is 0.247 e. The standard InChI is InChI=1S/C14H14N2O3S2/c1-21(18,19)16-12(10-5-2-3-6-13(10)17)9-11(15-16)14-7-4-8-20-14/h2-8,12,17H,9H2,1H3/t12-/m1/s1. The van der Waals surface area contributed by atoms with Crippen molar-refractivity contribution < 1.29 is 13.5 Å². The Bertz CT molecular complexity index is 782. The summed E-state index contributed by atoms with van der Waals surface area (Å²) in [7, 11) is -3.50. The van der Waals surface area contributed by atoms with Crippen molar-refractivity contribution in [2.45, 2.75) is 12.5 Å². The molecule has 2 heterocycles. The lowest BCUT2D eigenvalue weighted by Crippen LogP contribution is -2.25. The maximum Gasteiger partial charge on any atom is 0.247 e. The average Bonchev–Trinajstić information content (AvgIpc) is 3.07. The van der Waals surface area contributed by atoms with Gasteiger partial charge < -0.3 is 5.11 Å². The van der Waals surface area contributed by atoms with Crippen LogP contribution in [0.15, 0.2) is 46.9 Å². The van der Waals surface area contributed by atoms with Gasteiger partial charge in [0, 0.05) is 12.0 Å². The third kappa shape index (κ3) is 2.66. The Morgan fingerprint density at radius 2 is 2.05 bits per heavy atom. The molecule has 21 heavy (non-hydrogen) atoms. The van der Waals surface area contributed by atoms with Crippen molar-refractivity contribution >= 4 is 27.1 Å². The predicted molar refractivity (Wildman–Crippen MR) is 83.0 cm³/mol. The molecule has 110 valence electrons. The van der Waals surface area contributed by atoms with E-state index in [2.05, 4.69) is 5.10 Å². The molecule has 5 nitrogen and oxygen atoms in total. The highest BCUT2D eigenvalue weighted by Gasteiger charge is 2.35. The molecule has 0 unspecified atom stereocenters. The van der Waals surface area contributed by atoms with Gasteiger partial charge in [-0.05, 0) is 17.5 Å². The summed E-state index contributed by atoms with van der Waals surface area (Å²) in [6.07, 6.45) is 1.58. The molecule has 0 radical (unpaired) electrons. The predicted octanol–water partition coefficient (Wildman–Crippen LogP) is 2.56. The summed E-state index contributed by atoms with van der Waals surface area (Å²) in [4.78, 5) is 0.946. The molecule has 1 aliphatic rings. The maximum absolute atomic E-state index is 12.0. The first-order chi connectivity index (χ1) is 9.97. The molecule has 0 spiro atoms. The van der Waals surface area contributed by atoms with Crippen molar-refractivity contribution in [3.8, 4) is 5.75 Å². The average molecular weight is 322 g/mol. The molecular weight excluding hydrogens is 308 g/mol. The zero-order valence-electron chi connectivity index (χ0n) is 11.3. The van der Waals surface area contributed by atoms with Crippen LogP contribution in [0.4, 0.5) is 0 Å². The molecule has 1 aromatic carbocycles. The Balaban J connectivity index is 2.04. The van der Waals surface area contributed by atoms with Gasteiger partial charge in [-0.1, -0.05) is 24.3 Å². The van der Waals surface area contributed by atoms with E-state index >= 15 is 0 Å². The minimum absolute atomic E-state index is 0.0822. The van der Waals surface area contributed by atoms with Crippen molar-refractivity contribution in [1.82, 2.24) is 4.41 Å². The summed E-state index contributed by atoms with van der Waals surface area (Å²) < 4.78 is 25.1. The summed E-state index contributed by atoms with van der Waals surface area (Å²) in [5.74, 6) is 0.0822. The highest BCUT2D eigenvalue weighted by Crippen LogP contribution is 2.38. The monoisotopic (exact) mass is 322 g/mol. The van der Waals surface area contributed by atoms with Crippen LogP contribution in [0, 0.1) is 0 Å². The van der Waals surface area contributed by atoms with Gasteiger partial charge in [0.15, 0.2) is 0 Å². The van der Waals surface area contributed by atoms with E-state index < -0.39 is 16.1 Å². The molecule has 0 saturated heterocycles. The summed E-state index contributed by atoms with van der Waals surface area (Å²) in [5, 5.41) is 16.2. The SMILES string of the molecule is CS(=O)(=O)N1N=C(c2cccs2)C[C@@H]1c1ccccc1O. The summed E-state index contributed by atoms with van der Waals surface area (Å²) in [6, 6.07) is 10.1. The second-order valence-electron chi connectivity index (χ2n) is 4.84. The number of phenolic OH excluding ortho intramolecular Hbond substituents is 1. The van der Waals surface area contributed by atoms with E-state index in [4.69, 9.17) is 0 Å². The van der Waals surface area contributed by atoms with Crippen molar-refractivity contribution in [1.29, 1.82) is 0 Å². The molecule has 1 N–H and O–H groups in total. The highest BCUT2D eigenvalue weighted by atomic mass is 32.2. The van der Waals surface area contributed by atoms with Gasteiger partial charge in [0.1, 0.15) is 5.75 Å². The number of aromatic hydroxyl groups is 1. The van der Waals surface area contributed by atoms with E-state index in [1.165, 1.54) is 11.3 Å². The second-order valence-corrected chi connectivity index (χ2v) is 7.63. The quantitative estimate of drug-likeness (QED) is 0.944. The summed E-state index contributed by atoms with van der Waals surface area (Å²) in [5.41, 5.74) is 1.29. The lowest BCUT2D eigenvalue weighted by atomic mass is 10.0. The fourth-order valence-corrected chi connectivity index (χ4v) is 4.01. The lowest BCUT2D eigenvalue weighted by molar-refractivity contribution is 0.361. The number of thiophene rings is 1. The van der Waals surface area contributed by atoms with Crippen LogP contribution < -0.4 is 0 Å². The fourth-order valence-electron chi connectivity index (χ4n) is 2.39. The van der Waals surface area contributed by atoms with Crippen LogP contribution >= 0.6 is 11.3 Å². The number of sulfonamides is 1. The molecule has 2 aromatic rings. The van der Waals surface area contributed by atoms with E-state index in [1.54, 1.807) is 24.3 Å². The number of phenols is 1.